The molecule has 2 aliphatic rings. The summed E-state index contributed by atoms with van der Waals surface area (Å²) < 4.78 is 10.6. The second-order valence-corrected chi connectivity index (χ2v) is 4.56. The zero-order valence-electron chi connectivity index (χ0n) is 11.9. The average Bonchev–Trinajstić information content (AvgIpc) is 2.54. The Labute approximate surface area is 134 Å². The summed E-state index contributed by atoms with van der Waals surface area (Å²) in [6.07, 6.45) is 1.83. The first-order chi connectivity index (χ1) is 10.2. The maximum absolute atomic E-state index is 9.39. The van der Waals surface area contributed by atoms with Gasteiger partial charge in [0.1, 0.15) is 23.2 Å². The molecule has 1 aromatic rings. The van der Waals surface area contributed by atoms with Crippen LogP contribution in [0.3, 0.4) is 0 Å². The number of hydrogen-bond acceptors (Lipinski definition) is 6. The predicted molar refractivity (Wildman–Crippen MR) is 85.9 cm³/mol. The molecule has 3 rings (SSSR count). The smallest absolute Gasteiger partial charge is 0.144 e. The summed E-state index contributed by atoms with van der Waals surface area (Å²) in [5, 5.41) is 15.4. The largest absolute Gasteiger partial charge is 0.497 e. The first-order valence-corrected chi connectivity index (χ1v) is 6.44. The molecule has 0 spiro atoms. The van der Waals surface area contributed by atoms with E-state index in [1.54, 1.807) is 12.1 Å². The van der Waals surface area contributed by atoms with Crippen LogP contribution in [-0.4, -0.2) is 26.0 Å². The van der Waals surface area contributed by atoms with Crippen LogP contribution in [-0.2, 0) is 4.74 Å². The van der Waals surface area contributed by atoms with Crippen molar-refractivity contribution in [2.24, 2.45) is 10.8 Å². The van der Waals surface area contributed by atoms with Crippen LogP contribution in [0.5, 0.6) is 5.75 Å². The van der Waals surface area contributed by atoms with Gasteiger partial charge in [-0.1, -0.05) is 6.07 Å². The molecule has 114 valence electrons. The Kier molecular flexibility index (Phi) is 4.71. The van der Waals surface area contributed by atoms with Crippen molar-refractivity contribution in [3.63, 3.8) is 0 Å². The molecule has 0 saturated carbocycles. The van der Waals surface area contributed by atoms with Gasteiger partial charge in [0.05, 0.1) is 31.7 Å². The van der Waals surface area contributed by atoms with Crippen LogP contribution in [0.25, 0.3) is 0 Å². The highest BCUT2D eigenvalue weighted by atomic mass is 35.5. The minimum Gasteiger partial charge on any atom is -0.497 e. The van der Waals surface area contributed by atoms with Gasteiger partial charge in [-0.2, -0.15) is 10.4 Å². The third-order valence-electron chi connectivity index (χ3n) is 3.34. The zero-order valence-corrected chi connectivity index (χ0v) is 12.8. The predicted octanol–water partition coefficient (Wildman–Crippen LogP) is 1.94. The van der Waals surface area contributed by atoms with Crippen molar-refractivity contribution >= 4 is 23.8 Å². The van der Waals surface area contributed by atoms with E-state index in [2.05, 4.69) is 11.2 Å². The topological polar surface area (TPSA) is 83.9 Å². The van der Waals surface area contributed by atoms with Crippen molar-refractivity contribution in [1.29, 1.82) is 5.26 Å². The number of methoxy groups -OCH3 is 1. The molecule has 0 amide bonds. The Bertz CT molecular complexity index is 718. The molecule has 22 heavy (non-hydrogen) atoms. The van der Waals surface area contributed by atoms with Crippen molar-refractivity contribution < 1.29 is 9.47 Å². The van der Waals surface area contributed by atoms with Gasteiger partial charge in [0.2, 0.25) is 0 Å². The summed E-state index contributed by atoms with van der Waals surface area (Å²) >= 11 is 0. The van der Waals surface area contributed by atoms with Gasteiger partial charge >= 0.3 is 0 Å². The minimum atomic E-state index is 0. The van der Waals surface area contributed by atoms with E-state index in [1.807, 2.05) is 30.3 Å². The SMILES string of the molecule is COc1cccc(N2N=C3COCC=C3C(C#N)=C2N)c1.Cl. The molecule has 2 heterocycles. The second-order valence-electron chi connectivity index (χ2n) is 4.56. The lowest BCUT2D eigenvalue weighted by Gasteiger charge is -2.29. The highest BCUT2D eigenvalue weighted by Gasteiger charge is 2.28. The van der Waals surface area contributed by atoms with Crippen molar-refractivity contribution in [2.45, 2.75) is 0 Å². The van der Waals surface area contributed by atoms with E-state index in [0.717, 1.165) is 11.3 Å². The molecule has 0 radical (unpaired) electrons. The molecule has 0 aliphatic carbocycles. The van der Waals surface area contributed by atoms with Gasteiger partial charge in [-0.05, 0) is 18.2 Å². The number of nitrogens with two attached hydrogens (primary N) is 1. The summed E-state index contributed by atoms with van der Waals surface area (Å²) in [5.74, 6) is 1.00. The molecule has 7 heteroatoms. The van der Waals surface area contributed by atoms with E-state index in [4.69, 9.17) is 15.2 Å². The molecule has 6 nitrogen and oxygen atoms in total. The number of nitriles is 1. The van der Waals surface area contributed by atoms with E-state index in [9.17, 15) is 5.26 Å². The van der Waals surface area contributed by atoms with Crippen LogP contribution < -0.4 is 15.5 Å². The van der Waals surface area contributed by atoms with Crippen molar-refractivity contribution in [3.05, 3.63) is 47.3 Å². The Balaban J connectivity index is 0.00000176. The number of fused-ring (bicyclic) bond motifs is 1. The number of anilines is 1. The Hall–Kier alpha value is -2.49. The van der Waals surface area contributed by atoms with Gasteiger partial charge in [0.15, 0.2) is 0 Å². The summed E-state index contributed by atoms with van der Waals surface area (Å²) in [4.78, 5) is 0. The fourth-order valence-corrected chi connectivity index (χ4v) is 2.30. The first-order valence-electron chi connectivity index (χ1n) is 6.44. The van der Waals surface area contributed by atoms with Gasteiger partial charge < -0.3 is 15.2 Å². The van der Waals surface area contributed by atoms with Crippen LogP contribution >= 0.6 is 12.4 Å². The van der Waals surface area contributed by atoms with Gasteiger partial charge in [-0.15, -0.1) is 12.4 Å². The van der Waals surface area contributed by atoms with E-state index in [1.165, 1.54) is 0 Å². The quantitative estimate of drug-likeness (QED) is 0.901. The number of benzene rings is 1. The molecule has 2 N–H and O–H groups in total. The van der Waals surface area contributed by atoms with Crippen molar-refractivity contribution in [2.75, 3.05) is 25.3 Å². The average molecular weight is 319 g/mol. The summed E-state index contributed by atoms with van der Waals surface area (Å²) in [5.41, 5.74) is 8.74. The zero-order chi connectivity index (χ0) is 14.8. The molecule has 1 aromatic carbocycles. The van der Waals surface area contributed by atoms with E-state index >= 15 is 0 Å². The van der Waals surface area contributed by atoms with Crippen LogP contribution in [0, 0.1) is 11.3 Å². The summed E-state index contributed by atoms with van der Waals surface area (Å²) in [6.45, 7) is 0.830. The van der Waals surface area contributed by atoms with E-state index in [-0.39, 0.29) is 12.4 Å². The van der Waals surface area contributed by atoms with E-state index in [0.29, 0.717) is 36.1 Å². The lowest BCUT2D eigenvalue weighted by Crippen LogP contribution is -2.34. The number of halogens is 1. The molecule has 0 bridgehead atoms. The van der Waals surface area contributed by atoms with Gasteiger partial charge in [0, 0.05) is 11.6 Å². The number of hydrazone groups is 1. The second kappa shape index (κ2) is 6.52. The standard InChI is InChI=1S/C15H14N4O2.ClH/c1-20-11-4-2-3-10(7-11)19-15(17)13(8-16)12-5-6-21-9-14(12)18-19;/h2-5,7H,6,9,17H2,1H3;1H. The number of ether oxygens (including phenoxy) is 2. The maximum atomic E-state index is 9.39. The molecule has 2 aliphatic heterocycles. The third-order valence-corrected chi connectivity index (χ3v) is 3.34. The third kappa shape index (κ3) is 2.64. The fraction of sp³-hybridized carbons (Fsp3) is 0.200. The van der Waals surface area contributed by atoms with Crippen LogP contribution in [0.2, 0.25) is 0 Å². The number of rotatable bonds is 2. The molecular formula is C15H15ClN4O2. The van der Waals surface area contributed by atoms with Crippen LogP contribution in [0.1, 0.15) is 0 Å². The fourth-order valence-electron chi connectivity index (χ4n) is 2.30. The lowest BCUT2D eigenvalue weighted by atomic mass is 9.99. The Morgan fingerprint density at radius 3 is 3.00 bits per heavy atom. The monoisotopic (exact) mass is 318 g/mol. The maximum Gasteiger partial charge on any atom is 0.144 e. The first kappa shape index (κ1) is 15.9. The number of hydrogen-bond donors (Lipinski definition) is 1. The van der Waals surface area contributed by atoms with Crippen molar-refractivity contribution in [1.82, 2.24) is 0 Å². The summed E-state index contributed by atoms with van der Waals surface area (Å²) in [6, 6.07) is 9.50. The van der Waals surface area contributed by atoms with Crippen LogP contribution in [0.4, 0.5) is 5.69 Å². The van der Waals surface area contributed by atoms with E-state index < -0.39 is 0 Å². The molecule has 0 saturated heterocycles. The molecule has 0 unspecified atom stereocenters. The number of nitrogens with zero attached hydrogens (tertiary/aromatic N) is 3. The van der Waals surface area contributed by atoms with Crippen molar-refractivity contribution in [3.8, 4) is 11.8 Å². The molecular weight excluding hydrogens is 304 g/mol. The normalized spacial score (nSPS) is 16.8. The minimum absolute atomic E-state index is 0. The Morgan fingerprint density at radius 2 is 2.27 bits per heavy atom. The molecule has 0 aromatic heterocycles. The highest BCUT2D eigenvalue weighted by Crippen LogP contribution is 2.30. The van der Waals surface area contributed by atoms with Gasteiger partial charge in [-0.25, -0.2) is 5.01 Å². The van der Waals surface area contributed by atoms with Crippen LogP contribution in [0.15, 0.2) is 52.4 Å². The molecule has 0 fully saturated rings. The summed E-state index contributed by atoms with van der Waals surface area (Å²) in [7, 11) is 1.59. The van der Waals surface area contributed by atoms with Gasteiger partial charge in [-0.3, -0.25) is 0 Å². The lowest BCUT2D eigenvalue weighted by molar-refractivity contribution is 0.199. The highest BCUT2D eigenvalue weighted by molar-refractivity contribution is 6.08. The Morgan fingerprint density at radius 1 is 1.45 bits per heavy atom. The number of allylic oxidation sites excluding steroid dienone is 1. The molecule has 0 atom stereocenters. The van der Waals surface area contributed by atoms with Gasteiger partial charge in [0.25, 0.3) is 0 Å².